The zero-order chi connectivity index (χ0) is 9.14. The molecular weight excluding hydrogens is 242 g/mol. The maximum atomic E-state index is 12.9. The second-order valence-corrected chi connectivity index (χ2v) is 3.33. The van der Waals surface area contributed by atoms with E-state index in [4.69, 9.17) is 11.6 Å². The summed E-state index contributed by atoms with van der Waals surface area (Å²) in [4.78, 5) is 0. The van der Waals surface area contributed by atoms with E-state index in [9.17, 15) is 4.39 Å². The van der Waals surface area contributed by atoms with Gasteiger partial charge < -0.3 is 0 Å². The monoisotopic (exact) mass is 248 g/mol. The summed E-state index contributed by atoms with van der Waals surface area (Å²) in [5, 5.41) is 0.773. The highest BCUT2D eigenvalue weighted by atomic mass is 79.9. The summed E-state index contributed by atoms with van der Waals surface area (Å²) >= 11 is 8.75. The number of hydrogen-bond acceptors (Lipinski definition) is 0. The van der Waals surface area contributed by atoms with Crippen LogP contribution in [-0.4, -0.2) is 5.33 Å². The minimum atomic E-state index is -0.406. The first kappa shape index (κ1) is 9.75. The molecule has 64 valence electrons. The van der Waals surface area contributed by atoms with Crippen molar-refractivity contribution in [1.29, 1.82) is 0 Å². The van der Waals surface area contributed by atoms with Gasteiger partial charge in [-0.05, 0) is 23.3 Å². The number of rotatable bonds is 2. The van der Waals surface area contributed by atoms with E-state index in [1.807, 2.05) is 0 Å². The van der Waals surface area contributed by atoms with Crippen LogP contribution >= 0.6 is 27.5 Å². The Labute approximate surface area is 84.2 Å². The Morgan fingerprint density at radius 1 is 1.58 bits per heavy atom. The third kappa shape index (κ3) is 2.08. The third-order valence-electron chi connectivity index (χ3n) is 1.49. The maximum absolute atomic E-state index is 12.9. The SMILES string of the molecule is C=C(CBr)c1ccc(Cl)c(F)c1. The fourth-order valence-corrected chi connectivity index (χ4v) is 1.23. The molecule has 0 aliphatic heterocycles. The number of alkyl halides is 1. The standard InChI is InChI=1S/C9H7BrClF/c1-6(5-10)7-2-3-8(11)9(12)4-7/h2-4H,1,5H2. The lowest BCUT2D eigenvalue weighted by Crippen LogP contribution is -1.85. The van der Waals surface area contributed by atoms with Crippen molar-refractivity contribution < 1.29 is 4.39 Å². The van der Waals surface area contributed by atoms with Crippen LogP contribution in [-0.2, 0) is 0 Å². The van der Waals surface area contributed by atoms with Crippen LogP contribution in [0.4, 0.5) is 4.39 Å². The zero-order valence-corrected chi connectivity index (χ0v) is 8.62. The van der Waals surface area contributed by atoms with Crippen LogP contribution in [0.15, 0.2) is 24.8 Å². The minimum Gasteiger partial charge on any atom is -0.205 e. The Hall–Kier alpha value is -0.340. The van der Waals surface area contributed by atoms with E-state index < -0.39 is 5.82 Å². The van der Waals surface area contributed by atoms with Crippen molar-refractivity contribution in [3.05, 3.63) is 41.2 Å². The van der Waals surface area contributed by atoms with Gasteiger partial charge in [0.2, 0.25) is 0 Å². The van der Waals surface area contributed by atoms with Gasteiger partial charge in [0.1, 0.15) is 5.82 Å². The lowest BCUT2D eigenvalue weighted by Gasteiger charge is -2.02. The molecule has 0 heterocycles. The molecule has 1 rings (SSSR count). The van der Waals surface area contributed by atoms with Gasteiger partial charge in [0.15, 0.2) is 0 Å². The van der Waals surface area contributed by atoms with E-state index in [2.05, 4.69) is 22.5 Å². The number of benzene rings is 1. The molecule has 0 aromatic heterocycles. The molecular formula is C9H7BrClF. The van der Waals surface area contributed by atoms with Crippen LogP contribution in [0.25, 0.3) is 5.57 Å². The molecule has 0 fully saturated rings. The van der Waals surface area contributed by atoms with E-state index in [0.29, 0.717) is 5.33 Å². The molecule has 0 aliphatic carbocycles. The quantitative estimate of drug-likeness (QED) is 0.698. The molecule has 0 saturated carbocycles. The van der Waals surface area contributed by atoms with Gasteiger partial charge in [-0.15, -0.1) is 0 Å². The molecule has 0 spiro atoms. The van der Waals surface area contributed by atoms with Crippen molar-refractivity contribution >= 4 is 33.1 Å². The molecule has 0 amide bonds. The summed E-state index contributed by atoms with van der Waals surface area (Å²) in [5.41, 5.74) is 1.61. The fraction of sp³-hybridized carbons (Fsp3) is 0.111. The Kier molecular flexibility index (Phi) is 3.29. The first-order chi connectivity index (χ1) is 5.65. The zero-order valence-electron chi connectivity index (χ0n) is 6.28. The maximum Gasteiger partial charge on any atom is 0.142 e. The van der Waals surface area contributed by atoms with Gasteiger partial charge in [0.25, 0.3) is 0 Å². The largest absolute Gasteiger partial charge is 0.205 e. The van der Waals surface area contributed by atoms with Crippen LogP contribution < -0.4 is 0 Å². The van der Waals surface area contributed by atoms with Crippen molar-refractivity contribution in [3.8, 4) is 0 Å². The Bertz CT molecular complexity index is 309. The fourth-order valence-electron chi connectivity index (χ4n) is 0.793. The highest BCUT2D eigenvalue weighted by Gasteiger charge is 2.02. The smallest absolute Gasteiger partial charge is 0.142 e. The van der Waals surface area contributed by atoms with E-state index in [1.54, 1.807) is 6.07 Å². The van der Waals surface area contributed by atoms with Crippen molar-refractivity contribution in [1.82, 2.24) is 0 Å². The Morgan fingerprint density at radius 2 is 2.25 bits per heavy atom. The lowest BCUT2D eigenvalue weighted by molar-refractivity contribution is 0.628. The summed E-state index contributed by atoms with van der Waals surface area (Å²) in [6.45, 7) is 3.76. The molecule has 0 bridgehead atoms. The molecule has 0 atom stereocenters. The Morgan fingerprint density at radius 3 is 2.75 bits per heavy atom. The van der Waals surface area contributed by atoms with Gasteiger partial charge in [-0.2, -0.15) is 0 Å². The van der Waals surface area contributed by atoms with Crippen LogP contribution in [0, 0.1) is 5.82 Å². The van der Waals surface area contributed by atoms with Gasteiger partial charge in [0.05, 0.1) is 5.02 Å². The number of hydrogen-bond donors (Lipinski definition) is 0. The van der Waals surface area contributed by atoms with Crippen LogP contribution in [0.3, 0.4) is 0 Å². The predicted octanol–water partition coefficient (Wildman–Crippen LogP) is 3.89. The molecule has 1 aromatic rings. The van der Waals surface area contributed by atoms with E-state index in [-0.39, 0.29) is 5.02 Å². The molecule has 3 heteroatoms. The van der Waals surface area contributed by atoms with Gasteiger partial charge in [-0.1, -0.05) is 40.2 Å². The molecule has 0 aliphatic rings. The van der Waals surface area contributed by atoms with Gasteiger partial charge in [0, 0.05) is 5.33 Å². The first-order valence-corrected chi connectivity index (χ1v) is 4.84. The average molecular weight is 250 g/mol. The van der Waals surface area contributed by atoms with E-state index in [1.165, 1.54) is 12.1 Å². The van der Waals surface area contributed by atoms with Crippen molar-refractivity contribution in [2.45, 2.75) is 0 Å². The normalized spacial score (nSPS) is 9.92. The van der Waals surface area contributed by atoms with Crippen molar-refractivity contribution in [2.75, 3.05) is 5.33 Å². The summed E-state index contributed by atoms with van der Waals surface area (Å²) < 4.78 is 12.9. The summed E-state index contributed by atoms with van der Waals surface area (Å²) in [5.74, 6) is -0.406. The predicted molar refractivity (Wildman–Crippen MR) is 54.2 cm³/mol. The molecule has 0 N–H and O–H groups in total. The average Bonchev–Trinajstić information content (AvgIpc) is 2.08. The van der Waals surface area contributed by atoms with Crippen LogP contribution in [0.5, 0.6) is 0 Å². The van der Waals surface area contributed by atoms with E-state index in [0.717, 1.165) is 11.1 Å². The summed E-state index contributed by atoms with van der Waals surface area (Å²) in [7, 11) is 0. The third-order valence-corrected chi connectivity index (χ3v) is 2.47. The first-order valence-electron chi connectivity index (χ1n) is 3.34. The van der Waals surface area contributed by atoms with E-state index >= 15 is 0 Å². The van der Waals surface area contributed by atoms with Crippen molar-refractivity contribution in [2.24, 2.45) is 0 Å². The summed E-state index contributed by atoms with van der Waals surface area (Å²) in [6.07, 6.45) is 0. The van der Waals surface area contributed by atoms with Crippen LogP contribution in [0.1, 0.15) is 5.56 Å². The molecule has 0 saturated heterocycles. The molecule has 1 aromatic carbocycles. The van der Waals surface area contributed by atoms with Crippen LogP contribution in [0.2, 0.25) is 5.02 Å². The number of allylic oxidation sites excluding steroid dienone is 1. The second-order valence-electron chi connectivity index (χ2n) is 2.37. The molecule has 0 radical (unpaired) electrons. The lowest BCUT2D eigenvalue weighted by atomic mass is 10.1. The highest BCUT2D eigenvalue weighted by molar-refractivity contribution is 9.09. The molecule has 12 heavy (non-hydrogen) atoms. The Balaban J connectivity index is 3.05. The van der Waals surface area contributed by atoms with Gasteiger partial charge in [-0.3, -0.25) is 0 Å². The molecule has 0 unspecified atom stereocenters. The second kappa shape index (κ2) is 4.06. The topological polar surface area (TPSA) is 0 Å². The van der Waals surface area contributed by atoms with Crippen molar-refractivity contribution in [3.63, 3.8) is 0 Å². The van der Waals surface area contributed by atoms with Gasteiger partial charge >= 0.3 is 0 Å². The highest BCUT2D eigenvalue weighted by Crippen LogP contribution is 2.20. The van der Waals surface area contributed by atoms with Gasteiger partial charge in [-0.25, -0.2) is 4.39 Å². The minimum absolute atomic E-state index is 0.140. The number of halogens is 3. The summed E-state index contributed by atoms with van der Waals surface area (Å²) in [6, 6.07) is 4.65. The molecule has 0 nitrogen and oxygen atoms in total.